The van der Waals surface area contributed by atoms with Gasteiger partial charge in [-0.3, -0.25) is 4.58 Å². The van der Waals surface area contributed by atoms with Crippen molar-refractivity contribution in [3.05, 3.63) is 29.8 Å². The summed E-state index contributed by atoms with van der Waals surface area (Å²) < 4.78 is 2.29. The molecule has 22 heavy (non-hydrogen) atoms. The molecule has 0 unspecified atom stereocenters. The molecule has 0 saturated heterocycles. The van der Waals surface area contributed by atoms with Crippen molar-refractivity contribution in [1.29, 1.82) is 0 Å². The van der Waals surface area contributed by atoms with Crippen LogP contribution < -0.4 is 4.90 Å². The third kappa shape index (κ3) is 3.52. The maximum absolute atomic E-state index is 9.78. The molecule has 0 aliphatic carbocycles. The monoisotopic (exact) mass is 303 g/mol. The topological polar surface area (TPSA) is 26.5 Å². The molecule has 1 aromatic carbocycles. The first-order valence-electron chi connectivity index (χ1n) is 8.22. The third-order valence-electron chi connectivity index (χ3n) is 4.48. The zero-order valence-corrected chi connectivity index (χ0v) is 14.9. The van der Waals surface area contributed by atoms with Gasteiger partial charge >= 0.3 is 0 Å². The van der Waals surface area contributed by atoms with Crippen LogP contribution in [0.25, 0.3) is 0 Å². The second kappa shape index (κ2) is 6.04. The molecule has 0 fully saturated rings. The van der Waals surface area contributed by atoms with E-state index in [-0.39, 0.29) is 23.5 Å². The highest BCUT2D eigenvalue weighted by atomic mass is 16.3. The summed E-state index contributed by atoms with van der Waals surface area (Å²) in [4.78, 5) is 2.33. The maximum atomic E-state index is 9.78. The van der Waals surface area contributed by atoms with Gasteiger partial charge < -0.3 is 5.11 Å². The van der Waals surface area contributed by atoms with Gasteiger partial charge in [-0.25, -0.2) is 4.90 Å². The van der Waals surface area contributed by atoms with Crippen LogP contribution >= 0.6 is 0 Å². The first-order valence-corrected chi connectivity index (χ1v) is 8.22. The van der Waals surface area contributed by atoms with Gasteiger partial charge in [-0.1, -0.05) is 59.7 Å². The fourth-order valence-corrected chi connectivity index (χ4v) is 3.17. The molecule has 1 N–H and O–H groups in total. The number of aliphatic hydroxyl groups is 1. The minimum Gasteiger partial charge on any atom is -0.392 e. The predicted molar refractivity (Wildman–Crippen MR) is 94.0 cm³/mol. The molecule has 1 atom stereocenters. The summed E-state index contributed by atoms with van der Waals surface area (Å²) in [5, 5.41) is 9.78. The lowest BCUT2D eigenvalue weighted by Gasteiger charge is -2.27. The van der Waals surface area contributed by atoms with Gasteiger partial charge in [0.15, 0.2) is 0 Å². The van der Waals surface area contributed by atoms with Gasteiger partial charge in [0.05, 0.1) is 6.61 Å². The van der Waals surface area contributed by atoms with Crippen LogP contribution in [0.5, 0.6) is 0 Å². The number of benzene rings is 1. The largest absolute Gasteiger partial charge is 0.392 e. The number of anilines is 1. The van der Waals surface area contributed by atoms with Crippen molar-refractivity contribution < 1.29 is 9.68 Å². The lowest BCUT2D eigenvalue weighted by Crippen LogP contribution is -2.40. The Labute approximate surface area is 135 Å². The van der Waals surface area contributed by atoms with Crippen LogP contribution in [0, 0.1) is 5.41 Å². The fraction of sp³-hybridized carbons (Fsp3) is 0.632. The SMILES string of the molecule is CC(C)(C)c1ccccc1N1C=[N+]([C@H](CO)C(C)(C)C)CC1. The molecule has 0 spiro atoms. The fourth-order valence-electron chi connectivity index (χ4n) is 3.17. The number of nitrogens with zero attached hydrogens (tertiary/aromatic N) is 2. The highest BCUT2D eigenvalue weighted by Gasteiger charge is 2.35. The molecule has 0 amide bonds. The zero-order chi connectivity index (χ0) is 16.5. The van der Waals surface area contributed by atoms with E-state index in [4.69, 9.17) is 0 Å². The summed E-state index contributed by atoms with van der Waals surface area (Å²) in [6.45, 7) is 15.5. The van der Waals surface area contributed by atoms with Crippen LogP contribution in [-0.2, 0) is 5.41 Å². The van der Waals surface area contributed by atoms with Crippen molar-refractivity contribution in [1.82, 2.24) is 0 Å². The highest BCUT2D eigenvalue weighted by Crippen LogP contribution is 2.32. The second-order valence-electron chi connectivity index (χ2n) is 8.38. The molecule has 0 saturated carbocycles. The number of rotatable bonds is 3. The van der Waals surface area contributed by atoms with Gasteiger partial charge in [0.1, 0.15) is 24.8 Å². The van der Waals surface area contributed by atoms with Crippen molar-refractivity contribution in [2.45, 2.75) is 53.0 Å². The Bertz CT molecular complexity index is 549. The molecule has 1 heterocycles. The molecule has 3 heteroatoms. The summed E-state index contributed by atoms with van der Waals surface area (Å²) in [7, 11) is 0. The standard InChI is InChI=1S/C19H31N2O/c1-18(2,3)15-9-7-8-10-16(15)20-11-12-21(14-20)17(13-22)19(4,5)6/h7-10,14,17,22H,11-13H2,1-6H3/q+1/t17-/m1/s1. The number of aliphatic hydroxyl groups excluding tert-OH is 1. The smallest absolute Gasteiger partial charge is 0.239 e. The lowest BCUT2D eigenvalue weighted by atomic mass is 9.85. The quantitative estimate of drug-likeness (QED) is 0.868. The minimum absolute atomic E-state index is 0.0603. The van der Waals surface area contributed by atoms with E-state index in [1.807, 2.05) is 0 Å². The summed E-state index contributed by atoms with van der Waals surface area (Å²) in [5.41, 5.74) is 2.83. The van der Waals surface area contributed by atoms with Gasteiger partial charge in [0.2, 0.25) is 6.34 Å². The van der Waals surface area contributed by atoms with E-state index in [1.165, 1.54) is 11.3 Å². The van der Waals surface area contributed by atoms with E-state index in [9.17, 15) is 5.11 Å². The Morgan fingerprint density at radius 1 is 1.14 bits per heavy atom. The average molecular weight is 303 g/mol. The molecule has 0 aromatic heterocycles. The molecular weight excluding hydrogens is 272 g/mol. The molecule has 2 rings (SSSR count). The van der Waals surface area contributed by atoms with Crippen molar-refractivity contribution in [2.24, 2.45) is 5.41 Å². The van der Waals surface area contributed by atoms with Gasteiger partial charge in [-0.2, -0.15) is 0 Å². The van der Waals surface area contributed by atoms with Crippen LogP contribution in [0.1, 0.15) is 47.1 Å². The van der Waals surface area contributed by atoms with Crippen LogP contribution in [0.4, 0.5) is 5.69 Å². The summed E-state index contributed by atoms with van der Waals surface area (Å²) in [5.74, 6) is 0. The molecule has 0 bridgehead atoms. The molecular formula is C19H31N2O+. The van der Waals surface area contributed by atoms with E-state index in [0.717, 1.165) is 13.1 Å². The van der Waals surface area contributed by atoms with Crippen molar-refractivity contribution >= 4 is 12.0 Å². The van der Waals surface area contributed by atoms with Gasteiger partial charge in [0.25, 0.3) is 0 Å². The Kier molecular flexibility index (Phi) is 4.67. The Morgan fingerprint density at radius 3 is 2.32 bits per heavy atom. The third-order valence-corrected chi connectivity index (χ3v) is 4.48. The van der Waals surface area contributed by atoms with Crippen molar-refractivity contribution in [2.75, 3.05) is 24.6 Å². The van der Waals surface area contributed by atoms with E-state index >= 15 is 0 Å². The summed E-state index contributed by atoms with van der Waals surface area (Å²) in [6, 6.07) is 8.79. The van der Waals surface area contributed by atoms with E-state index in [2.05, 4.69) is 81.6 Å². The van der Waals surface area contributed by atoms with E-state index in [1.54, 1.807) is 0 Å². The van der Waals surface area contributed by atoms with Crippen LogP contribution in [0.3, 0.4) is 0 Å². The van der Waals surface area contributed by atoms with Crippen molar-refractivity contribution in [3.8, 4) is 0 Å². The number of hydrogen-bond acceptors (Lipinski definition) is 2. The number of hydrogen-bond donors (Lipinski definition) is 1. The zero-order valence-electron chi connectivity index (χ0n) is 14.9. The first-order chi connectivity index (χ1) is 10.1. The predicted octanol–water partition coefficient (Wildman–Crippen LogP) is 3.25. The minimum atomic E-state index is 0.0603. The van der Waals surface area contributed by atoms with Crippen molar-refractivity contribution in [3.63, 3.8) is 0 Å². The molecule has 1 aliphatic heterocycles. The maximum Gasteiger partial charge on any atom is 0.239 e. The Morgan fingerprint density at radius 2 is 1.77 bits per heavy atom. The normalized spacial score (nSPS) is 17.6. The van der Waals surface area contributed by atoms with E-state index in [0.29, 0.717) is 0 Å². The Balaban J connectivity index is 2.34. The lowest BCUT2D eigenvalue weighted by molar-refractivity contribution is -0.572. The molecule has 3 nitrogen and oxygen atoms in total. The molecule has 122 valence electrons. The first kappa shape index (κ1) is 17.0. The van der Waals surface area contributed by atoms with Crippen LogP contribution in [0.15, 0.2) is 24.3 Å². The van der Waals surface area contributed by atoms with Gasteiger partial charge in [-0.15, -0.1) is 0 Å². The molecule has 0 radical (unpaired) electrons. The van der Waals surface area contributed by atoms with Gasteiger partial charge in [0, 0.05) is 11.0 Å². The molecule has 1 aromatic rings. The average Bonchev–Trinajstić information content (AvgIpc) is 2.86. The Hall–Kier alpha value is -1.35. The molecule has 1 aliphatic rings. The highest BCUT2D eigenvalue weighted by molar-refractivity contribution is 5.79. The van der Waals surface area contributed by atoms with E-state index < -0.39 is 0 Å². The summed E-state index contributed by atoms with van der Waals surface area (Å²) in [6.07, 6.45) is 2.19. The second-order valence-corrected chi connectivity index (χ2v) is 8.38. The van der Waals surface area contributed by atoms with Crippen LogP contribution in [0.2, 0.25) is 0 Å². The van der Waals surface area contributed by atoms with Crippen LogP contribution in [-0.4, -0.2) is 41.8 Å². The number of para-hydroxylation sites is 1. The van der Waals surface area contributed by atoms with Gasteiger partial charge in [-0.05, 0) is 11.5 Å². The summed E-state index contributed by atoms with van der Waals surface area (Å²) >= 11 is 0.